The van der Waals surface area contributed by atoms with Gasteiger partial charge < -0.3 is 10.6 Å². The quantitative estimate of drug-likeness (QED) is 0.882. The van der Waals surface area contributed by atoms with Crippen LogP contribution in [-0.2, 0) is 4.79 Å². The minimum absolute atomic E-state index is 0.112. The number of carbonyl (C=O) groups excluding carboxylic acids is 1. The third-order valence-corrected chi connectivity index (χ3v) is 3.65. The van der Waals surface area contributed by atoms with Gasteiger partial charge in [-0.3, -0.25) is 4.79 Å². The Morgan fingerprint density at radius 3 is 2.84 bits per heavy atom. The number of hydrogen-bond donors (Lipinski definition) is 2. The predicted octanol–water partition coefficient (Wildman–Crippen LogP) is 2.14. The molecule has 0 aromatic heterocycles. The monoisotopic (exact) mass is 268 g/mol. The highest BCUT2D eigenvalue weighted by molar-refractivity contribution is 5.80. The Labute approximate surface area is 111 Å². The molecular weight excluding hydrogens is 250 g/mol. The summed E-state index contributed by atoms with van der Waals surface area (Å²) in [6, 6.07) is 2.83. The number of amides is 1. The molecule has 0 bridgehead atoms. The van der Waals surface area contributed by atoms with Crippen molar-refractivity contribution in [3.05, 3.63) is 35.4 Å². The molecule has 0 radical (unpaired) electrons. The van der Waals surface area contributed by atoms with Crippen LogP contribution in [0.4, 0.5) is 8.78 Å². The normalized spacial score (nSPS) is 24.2. The molecule has 1 amide bonds. The van der Waals surface area contributed by atoms with Gasteiger partial charge in [-0.2, -0.15) is 0 Å². The van der Waals surface area contributed by atoms with Crippen molar-refractivity contribution < 1.29 is 13.6 Å². The molecule has 2 rings (SSSR count). The van der Waals surface area contributed by atoms with Gasteiger partial charge in [0.25, 0.3) is 0 Å². The molecule has 3 nitrogen and oxygen atoms in total. The smallest absolute Gasteiger partial charge is 0.225 e. The molecule has 0 spiro atoms. The summed E-state index contributed by atoms with van der Waals surface area (Å²) >= 11 is 0. The van der Waals surface area contributed by atoms with Crippen LogP contribution in [0.1, 0.15) is 31.9 Å². The second-order valence-electron chi connectivity index (χ2n) is 5.03. The topological polar surface area (TPSA) is 41.1 Å². The maximum Gasteiger partial charge on any atom is 0.225 e. The van der Waals surface area contributed by atoms with Gasteiger partial charge in [0.15, 0.2) is 0 Å². The van der Waals surface area contributed by atoms with E-state index in [1.807, 2.05) is 6.92 Å². The fourth-order valence-electron chi connectivity index (χ4n) is 2.46. The van der Waals surface area contributed by atoms with E-state index < -0.39 is 17.7 Å². The molecule has 1 heterocycles. The number of rotatable bonds is 3. The van der Waals surface area contributed by atoms with Crippen LogP contribution in [-0.4, -0.2) is 18.5 Å². The summed E-state index contributed by atoms with van der Waals surface area (Å²) in [5, 5.41) is 5.94. The van der Waals surface area contributed by atoms with Crippen LogP contribution in [0, 0.1) is 17.6 Å². The fourth-order valence-corrected chi connectivity index (χ4v) is 2.46. The molecule has 0 aliphatic carbocycles. The van der Waals surface area contributed by atoms with E-state index >= 15 is 0 Å². The van der Waals surface area contributed by atoms with Gasteiger partial charge >= 0.3 is 0 Å². The molecule has 5 heteroatoms. The van der Waals surface area contributed by atoms with Gasteiger partial charge in [-0.25, -0.2) is 8.78 Å². The minimum atomic E-state index is -0.545. The Balaban J connectivity index is 2.06. The molecule has 1 aromatic carbocycles. The van der Waals surface area contributed by atoms with Crippen LogP contribution in [0.2, 0.25) is 0 Å². The SMILES string of the molecule is CC(NC(=O)C1CCNC1C)c1cc(F)ccc1F. The first-order chi connectivity index (χ1) is 8.99. The van der Waals surface area contributed by atoms with Crippen molar-refractivity contribution in [2.24, 2.45) is 5.92 Å². The molecule has 1 fully saturated rings. The van der Waals surface area contributed by atoms with Crippen molar-refractivity contribution in [3.63, 3.8) is 0 Å². The molecule has 2 N–H and O–H groups in total. The van der Waals surface area contributed by atoms with E-state index in [1.165, 1.54) is 0 Å². The van der Waals surface area contributed by atoms with Gasteiger partial charge in [0, 0.05) is 11.6 Å². The van der Waals surface area contributed by atoms with Crippen molar-refractivity contribution in [2.45, 2.75) is 32.4 Å². The molecule has 19 heavy (non-hydrogen) atoms. The highest BCUT2D eigenvalue weighted by atomic mass is 19.1. The first-order valence-corrected chi connectivity index (χ1v) is 6.47. The van der Waals surface area contributed by atoms with Crippen molar-refractivity contribution in [2.75, 3.05) is 6.54 Å². The van der Waals surface area contributed by atoms with Crippen LogP contribution < -0.4 is 10.6 Å². The molecule has 1 aromatic rings. The lowest BCUT2D eigenvalue weighted by Gasteiger charge is -2.20. The Bertz CT molecular complexity index is 479. The lowest BCUT2D eigenvalue weighted by Crippen LogP contribution is -2.38. The number of hydrogen-bond acceptors (Lipinski definition) is 2. The number of halogens is 2. The lowest BCUT2D eigenvalue weighted by atomic mass is 10.00. The van der Waals surface area contributed by atoms with Crippen LogP contribution in [0.3, 0.4) is 0 Å². The summed E-state index contributed by atoms with van der Waals surface area (Å²) in [4.78, 5) is 12.1. The Kier molecular flexibility index (Phi) is 4.14. The Morgan fingerprint density at radius 2 is 2.21 bits per heavy atom. The van der Waals surface area contributed by atoms with Crippen molar-refractivity contribution in [1.29, 1.82) is 0 Å². The third kappa shape index (κ3) is 3.10. The molecule has 104 valence electrons. The molecule has 3 unspecified atom stereocenters. The summed E-state index contributed by atoms with van der Waals surface area (Å²) < 4.78 is 26.7. The van der Waals surface area contributed by atoms with Crippen LogP contribution in [0.5, 0.6) is 0 Å². The van der Waals surface area contributed by atoms with E-state index in [4.69, 9.17) is 0 Å². The van der Waals surface area contributed by atoms with Crippen molar-refractivity contribution >= 4 is 5.91 Å². The van der Waals surface area contributed by atoms with Crippen LogP contribution in [0.25, 0.3) is 0 Å². The van der Waals surface area contributed by atoms with Crippen LogP contribution >= 0.6 is 0 Å². The fraction of sp³-hybridized carbons (Fsp3) is 0.500. The summed E-state index contributed by atoms with van der Waals surface area (Å²) in [5.74, 6) is -1.24. The first kappa shape index (κ1) is 13.9. The van der Waals surface area contributed by atoms with Gasteiger partial charge in [-0.1, -0.05) is 0 Å². The summed E-state index contributed by atoms with van der Waals surface area (Å²) in [5.41, 5.74) is 0.173. The molecule has 3 atom stereocenters. The molecule has 1 saturated heterocycles. The average molecular weight is 268 g/mol. The standard InChI is InChI=1S/C14H18F2N2O/c1-8-11(5-6-17-8)14(19)18-9(2)12-7-10(15)3-4-13(12)16/h3-4,7-9,11,17H,5-6H2,1-2H3,(H,18,19). The van der Waals surface area contributed by atoms with E-state index in [1.54, 1.807) is 6.92 Å². The van der Waals surface area contributed by atoms with Gasteiger partial charge in [-0.05, 0) is 45.0 Å². The zero-order chi connectivity index (χ0) is 14.0. The first-order valence-electron chi connectivity index (χ1n) is 6.47. The minimum Gasteiger partial charge on any atom is -0.349 e. The third-order valence-electron chi connectivity index (χ3n) is 3.65. The second-order valence-corrected chi connectivity index (χ2v) is 5.03. The molecule has 1 aliphatic rings. The van der Waals surface area contributed by atoms with Crippen LogP contribution in [0.15, 0.2) is 18.2 Å². The summed E-state index contributed by atoms with van der Waals surface area (Å²) in [6.07, 6.45) is 0.769. The van der Waals surface area contributed by atoms with Crippen molar-refractivity contribution in [1.82, 2.24) is 10.6 Å². The van der Waals surface area contributed by atoms with E-state index in [2.05, 4.69) is 10.6 Å². The summed E-state index contributed by atoms with van der Waals surface area (Å²) in [6.45, 7) is 4.41. The maximum absolute atomic E-state index is 13.6. The van der Waals surface area contributed by atoms with E-state index in [0.717, 1.165) is 31.2 Å². The summed E-state index contributed by atoms with van der Waals surface area (Å²) in [7, 11) is 0. The molecule has 0 saturated carbocycles. The lowest BCUT2D eigenvalue weighted by molar-refractivity contribution is -0.125. The molecule has 1 aliphatic heterocycles. The van der Waals surface area contributed by atoms with Crippen molar-refractivity contribution in [3.8, 4) is 0 Å². The average Bonchev–Trinajstić information content (AvgIpc) is 2.78. The zero-order valence-electron chi connectivity index (χ0n) is 11.0. The van der Waals surface area contributed by atoms with E-state index in [9.17, 15) is 13.6 Å². The van der Waals surface area contributed by atoms with Gasteiger partial charge in [0.05, 0.1) is 12.0 Å². The van der Waals surface area contributed by atoms with Gasteiger partial charge in [-0.15, -0.1) is 0 Å². The van der Waals surface area contributed by atoms with E-state index in [0.29, 0.717) is 0 Å². The highest BCUT2D eigenvalue weighted by Crippen LogP contribution is 2.21. The van der Waals surface area contributed by atoms with E-state index in [-0.39, 0.29) is 23.4 Å². The zero-order valence-corrected chi connectivity index (χ0v) is 11.0. The van der Waals surface area contributed by atoms with Gasteiger partial charge in [0.2, 0.25) is 5.91 Å². The predicted molar refractivity (Wildman–Crippen MR) is 68.5 cm³/mol. The Hall–Kier alpha value is -1.49. The number of benzene rings is 1. The largest absolute Gasteiger partial charge is 0.349 e. The molecular formula is C14H18F2N2O. The van der Waals surface area contributed by atoms with Gasteiger partial charge in [0.1, 0.15) is 11.6 Å². The highest BCUT2D eigenvalue weighted by Gasteiger charge is 2.30. The number of nitrogens with one attached hydrogen (secondary N) is 2. The second kappa shape index (κ2) is 5.65. The Morgan fingerprint density at radius 1 is 1.47 bits per heavy atom. The number of carbonyl (C=O) groups is 1. The maximum atomic E-state index is 13.6.